The van der Waals surface area contributed by atoms with Gasteiger partial charge in [0.05, 0.1) is 12.1 Å². The molecule has 30 heavy (non-hydrogen) atoms. The van der Waals surface area contributed by atoms with Crippen LogP contribution in [0.15, 0.2) is 30.3 Å². The predicted octanol–water partition coefficient (Wildman–Crippen LogP) is 3.75. The molecule has 0 fully saturated rings. The number of carbonyl (C=O) groups is 1. The average Bonchev–Trinajstić information content (AvgIpc) is 3.13. The highest BCUT2D eigenvalue weighted by atomic mass is 19.1. The number of nitrogens with one attached hydrogen (secondary N) is 2. The number of hydrogen-bond acceptors (Lipinski definition) is 3. The van der Waals surface area contributed by atoms with E-state index < -0.39 is 48.8 Å². The van der Waals surface area contributed by atoms with E-state index in [1.165, 1.54) is 18.2 Å². The first-order valence-corrected chi connectivity index (χ1v) is 9.50. The van der Waals surface area contributed by atoms with Crippen molar-refractivity contribution in [3.8, 4) is 5.75 Å². The van der Waals surface area contributed by atoms with Gasteiger partial charge >= 0.3 is 6.03 Å². The van der Waals surface area contributed by atoms with Gasteiger partial charge in [-0.3, -0.25) is 0 Å². The fourth-order valence-electron chi connectivity index (χ4n) is 4.07. The van der Waals surface area contributed by atoms with Gasteiger partial charge in [-0.1, -0.05) is 0 Å². The highest BCUT2D eigenvalue weighted by molar-refractivity contribution is 5.91. The number of alkyl halides is 2. The maximum atomic E-state index is 14.0. The van der Waals surface area contributed by atoms with E-state index in [2.05, 4.69) is 10.6 Å². The molecular formula is C21H20F4N2O3. The lowest BCUT2D eigenvalue weighted by molar-refractivity contribution is -0.0106. The lowest BCUT2D eigenvalue weighted by Crippen LogP contribution is -2.49. The molecule has 0 saturated heterocycles. The van der Waals surface area contributed by atoms with Crippen molar-refractivity contribution in [3.05, 3.63) is 58.7 Å². The van der Waals surface area contributed by atoms with Crippen molar-refractivity contribution in [2.24, 2.45) is 0 Å². The molecule has 3 N–H and O–H groups in total. The maximum Gasteiger partial charge on any atom is 0.319 e. The SMILES string of the molecule is O=C(Nc1ccc(F)c2c1C[C@H](O)C2)N[C@@H]1CC(CF)(CF)Oc2ccc(F)cc21. The van der Waals surface area contributed by atoms with Crippen LogP contribution in [0.3, 0.4) is 0 Å². The number of halogens is 4. The lowest BCUT2D eigenvalue weighted by atomic mass is 9.88. The Hall–Kier alpha value is -2.81. The molecule has 2 atom stereocenters. The summed E-state index contributed by atoms with van der Waals surface area (Å²) in [7, 11) is 0. The Morgan fingerprint density at radius 1 is 1.13 bits per heavy atom. The lowest BCUT2D eigenvalue weighted by Gasteiger charge is -2.39. The number of aliphatic hydroxyl groups excluding tert-OH is 1. The van der Waals surface area contributed by atoms with Crippen LogP contribution in [0.1, 0.15) is 29.2 Å². The van der Waals surface area contributed by atoms with Gasteiger partial charge in [-0.25, -0.2) is 22.4 Å². The number of hydrogen-bond donors (Lipinski definition) is 3. The van der Waals surface area contributed by atoms with Crippen LogP contribution < -0.4 is 15.4 Å². The molecule has 0 saturated carbocycles. The average molecular weight is 424 g/mol. The van der Waals surface area contributed by atoms with Crippen molar-refractivity contribution in [2.75, 3.05) is 18.7 Å². The van der Waals surface area contributed by atoms with Crippen LogP contribution in [0.2, 0.25) is 0 Å². The summed E-state index contributed by atoms with van der Waals surface area (Å²) in [6.07, 6.45) is -0.619. The third-order valence-corrected chi connectivity index (χ3v) is 5.54. The molecule has 0 unspecified atom stereocenters. The molecule has 5 nitrogen and oxygen atoms in total. The number of amides is 2. The number of aliphatic hydroxyl groups is 1. The summed E-state index contributed by atoms with van der Waals surface area (Å²) in [6, 6.07) is 4.49. The summed E-state index contributed by atoms with van der Waals surface area (Å²) in [5, 5.41) is 15.0. The van der Waals surface area contributed by atoms with E-state index in [9.17, 15) is 27.5 Å². The number of urea groups is 1. The Labute approximate surface area is 170 Å². The van der Waals surface area contributed by atoms with E-state index in [4.69, 9.17) is 4.74 Å². The van der Waals surface area contributed by atoms with Crippen LogP contribution in [-0.2, 0) is 12.8 Å². The van der Waals surface area contributed by atoms with Crippen molar-refractivity contribution in [1.82, 2.24) is 5.32 Å². The van der Waals surface area contributed by atoms with Gasteiger partial charge in [0, 0.05) is 30.5 Å². The highest BCUT2D eigenvalue weighted by Crippen LogP contribution is 2.41. The van der Waals surface area contributed by atoms with E-state index in [0.717, 1.165) is 12.1 Å². The second kappa shape index (κ2) is 7.79. The first kappa shape index (κ1) is 20.5. The molecule has 0 spiro atoms. The highest BCUT2D eigenvalue weighted by Gasteiger charge is 2.42. The van der Waals surface area contributed by atoms with Crippen molar-refractivity contribution in [1.29, 1.82) is 0 Å². The molecule has 1 heterocycles. The van der Waals surface area contributed by atoms with Crippen LogP contribution in [0.4, 0.5) is 28.0 Å². The zero-order chi connectivity index (χ0) is 21.5. The van der Waals surface area contributed by atoms with Gasteiger partial charge in [0.25, 0.3) is 0 Å². The van der Waals surface area contributed by atoms with Gasteiger partial charge in [-0.15, -0.1) is 0 Å². The predicted molar refractivity (Wildman–Crippen MR) is 101 cm³/mol. The number of ether oxygens (including phenoxy) is 1. The number of carbonyl (C=O) groups excluding carboxylic acids is 1. The summed E-state index contributed by atoms with van der Waals surface area (Å²) < 4.78 is 60.3. The Morgan fingerprint density at radius 3 is 2.60 bits per heavy atom. The van der Waals surface area contributed by atoms with Crippen molar-refractivity contribution in [3.63, 3.8) is 0 Å². The quantitative estimate of drug-likeness (QED) is 0.655. The van der Waals surface area contributed by atoms with Gasteiger partial charge in [-0.05, 0) is 41.5 Å². The monoisotopic (exact) mass is 424 g/mol. The zero-order valence-electron chi connectivity index (χ0n) is 15.9. The third kappa shape index (κ3) is 3.69. The molecule has 1 aliphatic carbocycles. The van der Waals surface area contributed by atoms with E-state index in [1.54, 1.807) is 0 Å². The Bertz CT molecular complexity index is 981. The third-order valence-electron chi connectivity index (χ3n) is 5.54. The largest absolute Gasteiger partial charge is 0.481 e. The Kier molecular flexibility index (Phi) is 5.31. The topological polar surface area (TPSA) is 70.6 Å². The molecule has 2 aromatic rings. The summed E-state index contributed by atoms with van der Waals surface area (Å²) >= 11 is 0. The molecule has 2 aromatic carbocycles. The maximum absolute atomic E-state index is 14.0. The van der Waals surface area contributed by atoms with Crippen LogP contribution in [0.25, 0.3) is 0 Å². The van der Waals surface area contributed by atoms with Gasteiger partial charge in [0.15, 0.2) is 5.60 Å². The van der Waals surface area contributed by atoms with E-state index in [1.807, 2.05) is 0 Å². The summed E-state index contributed by atoms with van der Waals surface area (Å²) in [4.78, 5) is 12.6. The van der Waals surface area contributed by atoms with Gasteiger partial charge in [-0.2, -0.15) is 0 Å². The Morgan fingerprint density at radius 2 is 1.87 bits per heavy atom. The summed E-state index contributed by atoms with van der Waals surface area (Å²) in [6.45, 7) is -2.24. The second-order valence-corrected chi connectivity index (χ2v) is 7.70. The van der Waals surface area contributed by atoms with E-state index >= 15 is 0 Å². The molecular weight excluding hydrogens is 404 g/mol. The molecule has 0 bridgehead atoms. The van der Waals surface area contributed by atoms with E-state index in [-0.39, 0.29) is 30.6 Å². The minimum Gasteiger partial charge on any atom is -0.481 e. The minimum absolute atomic E-state index is 0.0917. The van der Waals surface area contributed by atoms with Crippen LogP contribution in [0.5, 0.6) is 5.75 Å². The van der Waals surface area contributed by atoms with Gasteiger partial charge < -0.3 is 20.5 Å². The van der Waals surface area contributed by atoms with Crippen LogP contribution in [0, 0.1) is 11.6 Å². The number of anilines is 1. The first-order valence-electron chi connectivity index (χ1n) is 9.50. The Balaban J connectivity index is 1.58. The minimum atomic E-state index is -1.77. The second-order valence-electron chi connectivity index (χ2n) is 7.70. The normalized spacial score (nSPS) is 21.4. The molecule has 1 aliphatic heterocycles. The van der Waals surface area contributed by atoms with Crippen molar-refractivity contribution >= 4 is 11.7 Å². The molecule has 2 amide bonds. The summed E-state index contributed by atoms with van der Waals surface area (Å²) in [5.74, 6) is -0.950. The zero-order valence-corrected chi connectivity index (χ0v) is 15.9. The molecule has 160 valence electrons. The molecule has 9 heteroatoms. The van der Waals surface area contributed by atoms with Crippen LogP contribution >= 0.6 is 0 Å². The molecule has 2 aliphatic rings. The number of benzene rings is 2. The number of fused-ring (bicyclic) bond motifs is 2. The van der Waals surface area contributed by atoms with Crippen molar-refractivity contribution in [2.45, 2.75) is 37.0 Å². The molecule has 0 radical (unpaired) electrons. The van der Waals surface area contributed by atoms with Gasteiger partial charge in [0.1, 0.15) is 30.7 Å². The van der Waals surface area contributed by atoms with E-state index in [0.29, 0.717) is 16.8 Å². The number of rotatable bonds is 4. The first-order chi connectivity index (χ1) is 14.3. The fourth-order valence-corrected chi connectivity index (χ4v) is 4.07. The standard InChI is InChI=1S/C21H20F4N2O3/c22-9-21(10-23)8-18(15-5-11(24)1-4-19(15)30-21)27-20(29)26-17-3-2-16(25)13-6-12(28)7-14(13)17/h1-5,12,18,28H,6-10H2,(H2,26,27,29)/t12-,18-/m1/s1. The molecule has 4 rings (SSSR count). The smallest absolute Gasteiger partial charge is 0.319 e. The van der Waals surface area contributed by atoms with Crippen molar-refractivity contribution < 1.29 is 32.2 Å². The fraction of sp³-hybridized carbons (Fsp3) is 0.381. The van der Waals surface area contributed by atoms with Gasteiger partial charge in [0.2, 0.25) is 0 Å². The van der Waals surface area contributed by atoms with Crippen LogP contribution in [-0.4, -0.2) is 36.2 Å². The summed E-state index contributed by atoms with van der Waals surface area (Å²) in [5.41, 5.74) is -0.341. The molecule has 0 aromatic heterocycles.